The molecule has 0 spiro atoms. The van der Waals surface area contributed by atoms with Crippen LogP contribution in [0.3, 0.4) is 0 Å². The number of anilines is 1. The maximum atomic E-state index is 10.2. The van der Waals surface area contributed by atoms with E-state index in [2.05, 4.69) is 15.5 Å². The Hall–Kier alpha value is -2.80. The topological polar surface area (TPSA) is 91.9 Å². The number of methoxy groups -OCH3 is 1. The van der Waals surface area contributed by atoms with Crippen molar-refractivity contribution in [3.05, 3.63) is 36.5 Å². The molecule has 7 nitrogen and oxygen atoms in total. The monoisotopic (exact) mass is 314 g/mol. The Morgan fingerprint density at radius 1 is 1.30 bits per heavy atom. The van der Waals surface area contributed by atoms with Crippen molar-refractivity contribution >= 4 is 11.5 Å². The lowest BCUT2D eigenvalue weighted by molar-refractivity contribution is 0.208. The van der Waals surface area contributed by atoms with E-state index in [4.69, 9.17) is 4.74 Å². The van der Waals surface area contributed by atoms with E-state index in [1.807, 2.05) is 22.7 Å². The molecule has 0 saturated carbocycles. The molecule has 1 atom stereocenters. The maximum Gasteiger partial charge on any atom is 0.227 e. The Labute approximate surface area is 133 Å². The number of aliphatic hydroxyl groups is 1. The summed E-state index contributed by atoms with van der Waals surface area (Å²) < 4.78 is 6.92. The molecule has 23 heavy (non-hydrogen) atoms. The zero-order valence-electron chi connectivity index (χ0n) is 12.9. The molecule has 1 unspecified atom stereocenters. The van der Waals surface area contributed by atoms with Crippen molar-refractivity contribution in [1.29, 1.82) is 0 Å². The minimum absolute atomic E-state index is 0.0754. The summed E-state index contributed by atoms with van der Waals surface area (Å²) in [4.78, 5) is 0. The summed E-state index contributed by atoms with van der Waals surface area (Å²) in [6, 6.07) is 8.80. The number of hydrogen-bond acceptors (Lipinski definition) is 6. The Kier molecular flexibility index (Phi) is 4.03. The van der Waals surface area contributed by atoms with Crippen molar-refractivity contribution in [3.8, 4) is 22.8 Å². The highest BCUT2D eigenvalue weighted by atomic mass is 16.5. The maximum absolute atomic E-state index is 10.2. The molecule has 3 aromatic rings. The van der Waals surface area contributed by atoms with Gasteiger partial charge in [-0.15, -0.1) is 10.2 Å². The lowest BCUT2D eigenvalue weighted by atomic mass is 10.1. The molecule has 2 aromatic heterocycles. The predicted molar refractivity (Wildman–Crippen MR) is 86.8 cm³/mol. The smallest absolute Gasteiger partial charge is 0.227 e. The number of aliphatic hydroxyl groups excluding tert-OH is 1. The van der Waals surface area contributed by atoms with Gasteiger partial charge in [0, 0.05) is 24.4 Å². The van der Waals surface area contributed by atoms with Crippen LogP contribution in [0.15, 0.2) is 36.5 Å². The van der Waals surface area contributed by atoms with Crippen LogP contribution < -0.4 is 10.1 Å². The summed E-state index contributed by atoms with van der Waals surface area (Å²) in [5, 5.41) is 31.0. The molecule has 3 rings (SSSR count). The Morgan fingerprint density at radius 3 is 2.83 bits per heavy atom. The van der Waals surface area contributed by atoms with E-state index in [1.165, 1.54) is 6.07 Å². The first kappa shape index (κ1) is 15.1. The zero-order valence-corrected chi connectivity index (χ0v) is 12.9. The fourth-order valence-electron chi connectivity index (χ4n) is 2.35. The van der Waals surface area contributed by atoms with Gasteiger partial charge in [-0.05, 0) is 31.2 Å². The average molecular weight is 314 g/mol. The van der Waals surface area contributed by atoms with E-state index in [9.17, 15) is 10.2 Å². The lowest BCUT2D eigenvalue weighted by Gasteiger charge is -2.12. The highest BCUT2D eigenvalue weighted by Gasteiger charge is 2.14. The van der Waals surface area contributed by atoms with Crippen LogP contribution in [-0.2, 0) is 0 Å². The molecule has 2 heterocycles. The molecule has 0 bridgehead atoms. The minimum atomic E-state index is -0.493. The van der Waals surface area contributed by atoms with Crippen LogP contribution >= 0.6 is 0 Å². The first-order valence-corrected chi connectivity index (χ1v) is 7.23. The standard InChI is InChI=1S/C16H18N4O3/c1-10(21)9-17-16-19-18-15(13-4-3-7-20(13)16)12-6-5-11(23-2)8-14(12)22/h3-8,10,21-22H,9H2,1-2H3,(H,17,19). The number of aromatic nitrogens is 3. The van der Waals surface area contributed by atoms with E-state index in [1.54, 1.807) is 26.2 Å². The molecule has 3 N–H and O–H groups in total. The molecule has 7 heteroatoms. The predicted octanol–water partition coefficient (Wildman–Crippen LogP) is 1.90. The summed E-state index contributed by atoms with van der Waals surface area (Å²) in [6.45, 7) is 2.06. The van der Waals surface area contributed by atoms with Gasteiger partial charge in [-0.3, -0.25) is 4.40 Å². The van der Waals surface area contributed by atoms with Gasteiger partial charge in [-0.2, -0.15) is 0 Å². The number of phenols is 1. The minimum Gasteiger partial charge on any atom is -0.507 e. The molecule has 1 aromatic carbocycles. The number of aromatic hydroxyl groups is 1. The summed E-state index contributed by atoms with van der Waals surface area (Å²) >= 11 is 0. The van der Waals surface area contributed by atoms with Crippen molar-refractivity contribution in [2.75, 3.05) is 19.0 Å². The van der Waals surface area contributed by atoms with Crippen LogP contribution in [-0.4, -0.2) is 44.6 Å². The van der Waals surface area contributed by atoms with Gasteiger partial charge in [0.25, 0.3) is 0 Å². The highest BCUT2D eigenvalue weighted by Crippen LogP contribution is 2.33. The molecule has 0 radical (unpaired) electrons. The van der Waals surface area contributed by atoms with E-state index in [-0.39, 0.29) is 5.75 Å². The quantitative estimate of drug-likeness (QED) is 0.666. The van der Waals surface area contributed by atoms with Gasteiger partial charge >= 0.3 is 0 Å². The Morgan fingerprint density at radius 2 is 2.13 bits per heavy atom. The van der Waals surface area contributed by atoms with Crippen molar-refractivity contribution in [2.24, 2.45) is 0 Å². The summed E-state index contributed by atoms with van der Waals surface area (Å²) in [7, 11) is 1.54. The number of ether oxygens (including phenoxy) is 1. The number of benzene rings is 1. The van der Waals surface area contributed by atoms with Crippen molar-refractivity contribution in [1.82, 2.24) is 14.6 Å². The van der Waals surface area contributed by atoms with Gasteiger partial charge in [0.2, 0.25) is 5.95 Å². The summed E-state index contributed by atoms with van der Waals surface area (Å²) in [6.07, 6.45) is 1.35. The van der Waals surface area contributed by atoms with Crippen LogP contribution in [0, 0.1) is 0 Å². The number of rotatable bonds is 5. The number of nitrogens with zero attached hydrogens (tertiary/aromatic N) is 3. The normalized spacial score (nSPS) is 12.3. The first-order valence-electron chi connectivity index (χ1n) is 7.23. The van der Waals surface area contributed by atoms with Gasteiger partial charge in [0.15, 0.2) is 0 Å². The number of hydrogen-bond donors (Lipinski definition) is 3. The fourth-order valence-corrected chi connectivity index (χ4v) is 2.35. The highest BCUT2D eigenvalue weighted by molar-refractivity contribution is 5.81. The van der Waals surface area contributed by atoms with Gasteiger partial charge < -0.3 is 20.3 Å². The van der Waals surface area contributed by atoms with E-state index < -0.39 is 6.10 Å². The SMILES string of the molecule is COc1ccc(-c2nnc(NCC(C)O)n3cccc23)c(O)c1. The van der Waals surface area contributed by atoms with Crippen molar-refractivity contribution in [2.45, 2.75) is 13.0 Å². The summed E-state index contributed by atoms with van der Waals surface area (Å²) in [5.41, 5.74) is 1.94. The molecule has 120 valence electrons. The zero-order chi connectivity index (χ0) is 16.4. The van der Waals surface area contributed by atoms with Crippen molar-refractivity contribution < 1.29 is 14.9 Å². The molecule has 0 aliphatic heterocycles. The Bertz CT molecular complexity index is 829. The molecule has 0 amide bonds. The average Bonchev–Trinajstić information content (AvgIpc) is 3.02. The van der Waals surface area contributed by atoms with Crippen LogP contribution in [0.2, 0.25) is 0 Å². The largest absolute Gasteiger partial charge is 0.507 e. The lowest BCUT2D eigenvalue weighted by Crippen LogP contribution is -2.18. The van der Waals surface area contributed by atoms with Crippen LogP contribution in [0.4, 0.5) is 5.95 Å². The molecule has 0 saturated heterocycles. The second-order valence-electron chi connectivity index (χ2n) is 5.25. The molecule has 0 fully saturated rings. The van der Waals surface area contributed by atoms with E-state index >= 15 is 0 Å². The third kappa shape index (κ3) is 2.91. The van der Waals surface area contributed by atoms with Crippen LogP contribution in [0.25, 0.3) is 16.8 Å². The summed E-state index contributed by atoms with van der Waals surface area (Å²) in [5.74, 6) is 1.18. The molecular formula is C16H18N4O3. The number of nitrogens with one attached hydrogen (secondary N) is 1. The Balaban J connectivity index is 2.06. The fraction of sp³-hybridized carbons (Fsp3) is 0.250. The number of fused-ring (bicyclic) bond motifs is 1. The molecule has 0 aliphatic carbocycles. The van der Waals surface area contributed by atoms with E-state index in [0.29, 0.717) is 29.5 Å². The van der Waals surface area contributed by atoms with Gasteiger partial charge in [0.05, 0.1) is 18.7 Å². The third-order valence-electron chi connectivity index (χ3n) is 3.48. The molecular weight excluding hydrogens is 296 g/mol. The second-order valence-corrected chi connectivity index (χ2v) is 5.25. The molecule has 0 aliphatic rings. The van der Waals surface area contributed by atoms with Crippen LogP contribution in [0.5, 0.6) is 11.5 Å². The van der Waals surface area contributed by atoms with Crippen molar-refractivity contribution in [3.63, 3.8) is 0 Å². The number of phenolic OH excluding ortho intramolecular Hbond substituents is 1. The van der Waals surface area contributed by atoms with Gasteiger partial charge in [-0.25, -0.2) is 0 Å². The third-order valence-corrected chi connectivity index (χ3v) is 3.48. The van der Waals surface area contributed by atoms with Gasteiger partial charge in [0.1, 0.15) is 17.2 Å². The van der Waals surface area contributed by atoms with E-state index in [0.717, 1.165) is 5.52 Å². The second kappa shape index (κ2) is 6.13. The first-order chi connectivity index (χ1) is 11.1. The van der Waals surface area contributed by atoms with Gasteiger partial charge in [-0.1, -0.05) is 0 Å². The van der Waals surface area contributed by atoms with Crippen LogP contribution in [0.1, 0.15) is 6.92 Å².